The zero-order valence-electron chi connectivity index (χ0n) is 15.1. The lowest BCUT2D eigenvalue weighted by Gasteiger charge is -2.34. The molecule has 0 aliphatic carbocycles. The molecule has 1 aromatic heterocycles. The van der Waals surface area contributed by atoms with Crippen LogP contribution >= 0.6 is 11.8 Å². The van der Waals surface area contributed by atoms with Crippen LogP contribution < -0.4 is 5.32 Å². The zero-order valence-corrected chi connectivity index (χ0v) is 15.9. The molecule has 2 aromatic rings. The van der Waals surface area contributed by atoms with Crippen molar-refractivity contribution in [2.24, 2.45) is 7.05 Å². The number of benzene rings is 1. The summed E-state index contributed by atoms with van der Waals surface area (Å²) in [6.07, 6.45) is 0. The molecule has 0 bridgehead atoms. The molecule has 0 saturated heterocycles. The van der Waals surface area contributed by atoms with Crippen molar-refractivity contribution in [2.45, 2.75) is 37.0 Å². The Hall–Kier alpha value is -2.28. The molecule has 25 heavy (non-hydrogen) atoms. The third kappa shape index (κ3) is 2.93. The lowest BCUT2D eigenvalue weighted by molar-refractivity contribution is -0.137. The summed E-state index contributed by atoms with van der Waals surface area (Å²) in [5, 5.41) is 7.25. The molecule has 2 amide bonds. The number of nitrogens with zero attached hydrogens (tertiary/aromatic N) is 3. The number of nitrogens with one attached hydrogen (secondary N) is 1. The monoisotopic (exact) mass is 358 g/mol. The summed E-state index contributed by atoms with van der Waals surface area (Å²) in [6.45, 7) is 6.02. The number of aromatic nitrogens is 2. The molecule has 0 spiro atoms. The molecule has 1 unspecified atom stereocenters. The first-order valence-corrected chi connectivity index (χ1v) is 8.90. The van der Waals surface area contributed by atoms with Crippen LogP contribution in [0.25, 0.3) is 0 Å². The Bertz CT molecular complexity index is 861. The number of carbonyl (C=O) groups is 2. The molecule has 0 radical (unpaired) electrons. The first-order chi connectivity index (χ1) is 11.7. The quantitative estimate of drug-likeness (QED) is 0.856. The number of carbonyl (C=O) groups excluding carboxylic acids is 2. The number of hydrogen-bond acceptors (Lipinski definition) is 4. The lowest BCUT2D eigenvalue weighted by Crippen LogP contribution is -2.52. The highest BCUT2D eigenvalue weighted by Crippen LogP contribution is 2.43. The van der Waals surface area contributed by atoms with E-state index in [1.807, 2.05) is 49.8 Å². The fraction of sp³-hybridized carbons (Fsp3) is 0.389. The number of fused-ring (bicyclic) bond motifs is 1. The number of aryl methyl sites for hydroxylation is 2. The summed E-state index contributed by atoms with van der Waals surface area (Å²) in [7, 11) is 3.62. The minimum absolute atomic E-state index is 0.216. The van der Waals surface area contributed by atoms with Crippen LogP contribution in [0.5, 0.6) is 0 Å². The van der Waals surface area contributed by atoms with E-state index in [0.717, 1.165) is 27.5 Å². The van der Waals surface area contributed by atoms with E-state index < -0.39 is 4.75 Å². The van der Waals surface area contributed by atoms with Crippen molar-refractivity contribution in [1.82, 2.24) is 14.7 Å². The van der Waals surface area contributed by atoms with Crippen molar-refractivity contribution in [3.05, 3.63) is 41.2 Å². The van der Waals surface area contributed by atoms with E-state index in [1.54, 1.807) is 18.9 Å². The first kappa shape index (κ1) is 17.5. The van der Waals surface area contributed by atoms with Gasteiger partial charge >= 0.3 is 0 Å². The van der Waals surface area contributed by atoms with Gasteiger partial charge in [-0.3, -0.25) is 14.3 Å². The van der Waals surface area contributed by atoms with Crippen molar-refractivity contribution in [3.63, 3.8) is 0 Å². The van der Waals surface area contributed by atoms with Crippen LogP contribution in [0, 0.1) is 13.8 Å². The van der Waals surface area contributed by atoms with Crippen molar-refractivity contribution in [3.8, 4) is 0 Å². The van der Waals surface area contributed by atoms with Gasteiger partial charge in [-0.05, 0) is 32.9 Å². The van der Waals surface area contributed by atoms with E-state index in [9.17, 15) is 9.59 Å². The molecule has 1 atom stereocenters. The smallest absolute Gasteiger partial charge is 0.250 e. The Morgan fingerprint density at radius 3 is 2.68 bits per heavy atom. The fourth-order valence-electron chi connectivity index (χ4n) is 3.03. The molecule has 1 aliphatic heterocycles. The molecule has 0 saturated carbocycles. The van der Waals surface area contributed by atoms with Gasteiger partial charge in [0, 0.05) is 36.8 Å². The molecule has 0 fully saturated rings. The van der Waals surface area contributed by atoms with Crippen LogP contribution in [0.4, 0.5) is 5.69 Å². The second-order valence-electron chi connectivity index (χ2n) is 6.52. The van der Waals surface area contributed by atoms with Crippen molar-refractivity contribution >= 4 is 29.3 Å². The maximum Gasteiger partial charge on any atom is 0.250 e. The van der Waals surface area contributed by atoms with Gasteiger partial charge in [-0.1, -0.05) is 23.9 Å². The summed E-state index contributed by atoms with van der Waals surface area (Å²) in [5.74, 6) is -0.500. The Morgan fingerprint density at radius 2 is 2.04 bits per heavy atom. The van der Waals surface area contributed by atoms with Gasteiger partial charge in [-0.15, -0.1) is 0 Å². The molecule has 1 aromatic carbocycles. The predicted molar refractivity (Wildman–Crippen MR) is 98.5 cm³/mol. The molecular weight excluding hydrogens is 336 g/mol. The van der Waals surface area contributed by atoms with E-state index >= 15 is 0 Å². The van der Waals surface area contributed by atoms with Crippen LogP contribution in [0.2, 0.25) is 0 Å². The first-order valence-electron chi connectivity index (χ1n) is 8.08. The zero-order chi connectivity index (χ0) is 18.4. The Balaban J connectivity index is 1.85. The number of para-hydroxylation sites is 1. The second kappa shape index (κ2) is 6.22. The summed E-state index contributed by atoms with van der Waals surface area (Å²) in [4.78, 5) is 28.2. The molecule has 7 heteroatoms. The Kier molecular flexibility index (Phi) is 4.36. The minimum atomic E-state index is -1.19. The highest BCUT2D eigenvalue weighted by atomic mass is 32.2. The molecule has 2 heterocycles. The van der Waals surface area contributed by atoms with Crippen LogP contribution in [-0.4, -0.2) is 38.3 Å². The summed E-state index contributed by atoms with van der Waals surface area (Å²) in [5.41, 5.74) is 3.69. The summed E-state index contributed by atoms with van der Waals surface area (Å²) < 4.78 is 0.621. The number of hydrogen-bond donors (Lipinski definition) is 1. The van der Waals surface area contributed by atoms with Gasteiger partial charge in [0.2, 0.25) is 11.8 Å². The molecule has 3 rings (SSSR count). The van der Waals surface area contributed by atoms with Crippen LogP contribution in [-0.2, 0) is 23.2 Å². The fourth-order valence-corrected chi connectivity index (χ4v) is 4.23. The van der Waals surface area contributed by atoms with E-state index in [2.05, 4.69) is 10.4 Å². The minimum Gasteiger partial charge on any atom is -0.340 e. The normalized spacial score (nSPS) is 19.3. The Labute approximate surface area is 151 Å². The average Bonchev–Trinajstić information content (AvgIpc) is 2.81. The highest BCUT2D eigenvalue weighted by molar-refractivity contribution is 8.02. The lowest BCUT2D eigenvalue weighted by atomic mass is 10.1. The van der Waals surface area contributed by atoms with E-state index in [4.69, 9.17) is 0 Å². The average molecular weight is 358 g/mol. The predicted octanol–water partition coefficient (Wildman–Crippen LogP) is 2.50. The third-order valence-electron chi connectivity index (χ3n) is 4.69. The van der Waals surface area contributed by atoms with E-state index in [0.29, 0.717) is 6.54 Å². The number of rotatable bonds is 3. The topological polar surface area (TPSA) is 67.2 Å². The molecular formula is C18H22N4O2S. The second-order valence-corrected chi connectivity index (χ2v) is 7.98. The number of anilines is 1. The van der Waals surface area contributed by atoms with Gasteiger partial charge < -0.3 is 10.2 Å². The molecule has 1 N–H and O–H groups in total. The van der Waals surface area contributed by atoms with Gasteiger partial charge in [0.1, 0.15) is 0 Å². The van der Waals surface area contributed by atoms with Gasteiger partial charge in [0.05, 0.1) is 11.4 Å². The molecule has 6 nitrogen and oxygen atoms in total. The van der Waals surface area contributed by atoms with Gasteiger partial charge in [-0.25, -0.2) is 0 Å². The van der Waals surface area contributed by atoms with Crippen molar-refractivity contribution in [1.29, 1.82) is 0 Å². The maximum atomic E-state index is 13.1. The SMILES string of the molecule is Cc1nn(C)c(C)c1CN(C)C(=O)C1(C)Sc2ccccc2NC1=O. The van der Waals surface area contributed by atoms with Gasteiger partial charge in [0.25, 0.3) is 0 Å². The van der Waals surface area contributed by atoms with E-state index in [-0.39, 0.29) is 11.8 Å². The van der Waals surface area contributed by atoms with Gasteiger partial charge in [-0.2, -0.15) is 5.10 Å². The maximum absolute atomic E-state index is 13.1. The molecule has 1 aliphatic rings. The number of thioether (sulfide) groups is 1. The third-order valence-corrected chi connectivity index (χ3v) is 6.04. The van der Waals surface area contributed by atoms with Crippen LogP contribution in [0.1, 0.15) is 23.9 Å². The standard InChI is InChI=1S/C18H22N4O2S/c1-11-13(12(2)22(5)20-11)10-21(4)17(24)18(3)16(23)19-14-8-6-7-9-15(14)25-18/h6-9H,10H2,1-5H3,(H,19,23). The van der Waals surface area contributed by atoms with Crippen molar-refractivity contribution in [2.75, 3.05) is 12.4 Å². The van der Waals surface area contributed by atoms with Gasteiger partial charge in [0.15, 0.2) is 4.75 Å². The van der Waals surface area contributed by atoms with Crippen LogP contribution in [0.15, 0.2) is 29.2 Å². The highest BCUT2D eigenvalue weighted by Gasteiger charge is 2.47. The summed E-state index contributed by atoms with van der Waals surface area (Å²) in [6, 6.07) is 7.53. The Morgan fingerprint density at radius 1 is 1.36 bits per heavy atom. The van der Waals surface area contributed by atoms with Crippen LogP contribution in [0.3, 0.4) is 0 Å². The number of amides is 2. The van der Waals surface area contributed by atoms with Crippen molar-refractivity contribution < 1.29 is 9.59 Å². The molecule has 132 valence electrons. The summed E-state index contributed by atoms with van der Waals surface area (Å²) >= 11 is 1.30. The largest absolute Gasteiger partial charge is 0.340 e. The van der Waals surface area contributed by atoms with E-state index in [1.165, 1.54) is 11.8 Å².